The van der Waals surface area contributed by atoms with Crippen molar-refractivity contribution in [1.82, 2.24) is 24.5 Å². The van der Waals surface area contributed by atoms with Gasteiger partial charge in [0.2, 0.25) is 0 Å². The molecule has 0 amide bonds. The van der Waals surface area contributed by atoms with E-state index in [0.29, 0.717) is 28.7 Å². The molecule has 3 aromatic heterocycles. The number of aromatic nitrogens is 5. The van der Waals surface area contributed by atoms with Crippen molar-refractivity contribution in [1.29, 1.82) is 0 Å². The average Bonchev–Trinajstić information content (AvgIpc) is 3.05. The Bertz CT molecular complexity index is 1150. The van der Waals surface area contributed by atoms with Crippen LogP contribution in [0.2, 0.25) is 0 Å². The largest absolute Gasteiger partial charge is 0.384 e. The maximum Gasteiger partial charge on any atom is 0.270 e. The van der Waals surface area contributed by atoms with Crippen LogP contribution in [0, 0.1) is 17.0 Å². The Balaban J connectivity index is 1.90. The summed E-state index contributed by atoms with van der Waals surface area (Å²) in [5.74, 6) is 1.33. The zero-order valence-electron chi connectivity index (χ0n) is 13.7. The average molecular weight is 347 g/mol. The summed E-state index contributed by atoms with van der Waals surface area (Å²) in [7, 11) is 0. The van der Waals surface area contributed by atoms with Crippen LogP contribution in [0.1, 0.15) is 5.56 Å². The van der Waals surface area contributed by atoms with Gasteiger partial charge in [-0.3, -0.25) is 14.7 Å². The highest BCUT2D eigenvalue weighted by molar-refractivity contribution is 5.79. The van der Waals surface area contributed by atoms with Crippen molar-refractivity contribution in [2.24, 2.45) is 0 Å². The number of nitrogen functional groups attached to an aromatic ring is 1. The third kappa shape index (κ3) is 2.61. The molecule has 0 aliphatic rings. The second kappa shape index (κ2) is 5.88. The summed E-state index contributed by atoms with van der Waals surface area (Å²) >= 11 is 0. The van der Waals surface area contributed by atoms with Gasteiger partial charge in [-0.15, -0.1) is 0 Å². The van der Waals surface area contributed by atoms with Gasteiger partial charge in [0, 0.05) is 41.5 Å². The maximum atomic E-state index is 11.1. The third-order valence-corrected chi connectivity index (χ3v) is 4.02. The molecular weight excluding hydrogens is 334 g/mol. The minimum absolute atomic E-state index is 0.00625. The van der Waals surface area contributed by atoms with E-state index in [2.05, 4.69) is 19.9 Å². The number of non-ortho nitro benzene ring substituents is 1. The molecule has 0 saturated heterocycles. The normalized spacial score (nSPS) is 11.0. The lowest BCUT2D eigenvalue weighted by Crippen LogP contribution is -2.01. The summed E-state index contributed by atoms with van der Waals surface area (Å²) in [6.07, 6.45) is 4.87. The van der Waals surface area contributed by atoms with E-state index in [1.165, 1.54) is 18.5 Å². The summed E-state index contributed by atoms with van der Waals surface area (Å²) in [6, 6.07) is 8.12. The van der Waals surface area contributed by atoms with Gasteiger partial charge in [0.1, 0.15) is 23.6 Å². The Kier molecular flexibility index (Phi) is 3.54. The Morgan fingerprint density at radius 1 is 1.15 bits per heavy atom. The zero-order chi connectivity index (χ0) is 18.3. The molecule has 9 nitrogen and oxygen atoms in total. The molecule has 2 N–H and O–H groups in total. The van der Waals surface area contributed by atoms with Crippen molar-refractivity contribution in [3.05, 3.63) is 64.7 Å². The first-order valence-corrected chi connectivity index (χ1v) is 7.70. The third-order valence-electron chi connectivity index (χ3n) is 4.02. The number of rotatable bonds is 3. The van der Waals surface area contributed by atoms with Crippen LogP contribution in [0.4, 0.5) is 11.5 Å². The van der Waals surface area contributed by atoms with Gasteiger partial charge in [0.05, 0.1) is 4.92 Å². The van der Waals surface area contributed by atoms with E-state index in [1.807, 2.05) is 19.2 Å². The number of aryl methyl sites for hydroxylation is 1. The van der Waals surface area contributed by atoms with Crippen molar-refractivity contribution in [3.8, 4) is 17.2 Å². The molecule has 0 fully saturated rings. The van der Waals surface area contributed by atoms with Gasteiger partial charge in [-0.1, -0.05) is 6.07 Å². The summed E-state index contributed by atoms with van der Waals surface area (Å²) in [4.78, 5) is 27.7. The van der Waals surface area contributed by atoms with Gasteiger partial charge in [0.15, 0.2) is 5.82 Å². The number of nitro benzene ring substituents is 1. The standard InChI is InChI=1S/C17H13N7O2/c1-10-2-3-12(24(25)26)6-13(10)16-19-8-11-4-5-23(17(11)22-16)15-7-14(18)20-9-21-15/h2-9H,1H3,(H2,18,20,21). The Morgan fingerprint density at radius 2 is 2.00 bits per heavy atom. The lowest BCUT2D eigenvalue weighted by atomic mass is 10.1. The lowest BCUT2D eigenvalue weighted by Gasteiger charge is -2.07. The quantitative estimate of drug-likeness (QED) is 0.446. The van der Waals surface area contributed by atoms with Crippen LogP contribution in [0.5, 0.6) is 0 Å². The highest BCUT2D eigenvalue weighted by atomic mass is 16.6. The molecule has 9 heteroatoms. The molecular formula is C17H13N7O2. The fourth-order valence-electron chi connectivity index (χ4n) is 2.69. The second-order valence-corrected chi connectivity index (χ2v) is 5.72. The molecule has 0 aliphatic heterocycles. The van der Waals surface area contributed by atoms with Crippen LogP contribution in [0.25, 0.3) is 28.2 Å². The topological polar surface area (TPSA) is 126 Å². The summed E-state index contributed by atoms with van der Waals surface area (Å²) in [5, 5.41) is 11.9. The number of nitrogens with two attached hydrogens (primary N) is 1. The Hall–Kier alpha value is -3.88. The van der Waals surface area contributed by atoms with Crippen LogP contribution in [0.15, 0.2) is 49.1 Å². The van der Waals surface area contributed by atoms with Crippen molar-refractivity contribution in [2.75, 3.05) is 5.73 Å². The van der Waals surface area contributed by atoms with E-state index in [-0.39, 0.29) is 5.69 Å². The molecule has 3 heterocycles. The predicted molar refractivity (Wildman–Crippen MR) is 95.7 cm³/mol. The van der Waals surface area contributed by atoms with Crippen molar-refractivity contribution in [2.45, 2.75) is 6.92 Å². The van der Waals surface area contributed by atoms with Crippen LogP contribution in [-0.4, -0.2) is 29.4 Å². The molecule has 0 saturated carbocycles. The fraction of sp³-hybridized carbons (Fsp3) is 0.0588. The van der Waals surface area contributed by atoms with E-state index in [9.17, 15) is 10.1 Å². The van der Waals surface area contributed by atoms with Gasteiger partial charge in [-0.2, -0.15) is 0 Å². The van der Waals surface area contributed by atoms with Crippen molar-refractivity contribution in [3.63, 3.8) is 0 Å². The zero-order valence-corrected chi connectivity index (χ0v) is 13.7. The molecule has 128 valence electrons. The highest BCUT2D eigenvalue weighted by Crippen LogP contribution is 2.27. The highest BCUT2D eigenvalue weighted by Gasteiger charge is 2.14. The smallest absolute Gasteiger partial charge is 0.270 e. The fourth-order valence-corrected chi connectivity index (χ4v) is 2.69. The van der Waals surface area contributed by atoms with Crippen molar-refractivity contribution < 1.29 is 4.92 Å². The van der Waals surface area contributed by atoms with E-state index in [1.54, 1.807) is 22.9 Å². The minimum Gasteiger partial charge on any atom is -0.384 e. The van der Waals surface area contributed by atoms with Gasteiger partial charge in [-0.05, 0) is 18.6 Å². The first-order chi connectivity index (χ1) is 12.5. The number of hydrogen-bond donors (Lipinski definition) is 1. The number of anilines is 1. The van der Waals surface area contributed by atoms with E-state index >= 15 is 0 Å². The number of benzene rings is 1. The van der Waals surface area contributed by atoms with Gasteiger partial charge in [-0.25, -0.2) is 19.9 Å². The van der Waals surface area contributed by atoms with Crippen LogP contribution < -0.4 is 5.73 Å². The Morgan fingerprint density at radius 3 is 2.77 bits per heavy atom. The predicted octanol–water partition coefficient (Wildman–Crippen LogP) is 2.68. The molecule has 0 radical (unpaired) electrons. The number of nitrogens with zero attached hydrogens (tertiary/aromatic N) is 6. The van der Waals surface area contributed by atoms with Gasteiger partial charge < -0.3 is 5.73 Å². The van der Waals surface area contributed by atoms with Crippen LogP contribution in [0.3, 0.4) is 0 Å². The van der Waals surface area contributed by atoms with Crippen LogP contribution >= 0.6 is 0 Å². The first kappa shape index (κ1) is 15.6. The summed E-state index contributed by atoms with van der Waals surface area (Å²) in [5.41, 5.74) is 7.81. The van der Waals surface area contributed by atoms with Gasteiger partial charge in [0.25, 0.3) is 5.69 Å². The van der Waals surface area contributed by atoms with E-state index in [0.717, 1.165) is 10.9 Å². The lowest BCUT2D eigenvalue weighted by molar-refractivity contribution is -0.384. The van der Waals surface area contributed by atoms with E-state index < -0.39 is 4.92 Å². The summed E-state index contributed by atoms with van der Waals surface area (Å²) < 4.78 is 1.77. The molecule has 0 atom stereocenters. The van der Waals surface area contributed by atoms with Gasteiger partial charge >= 0.3 is 0 Å². The number of hydrogen-bond acceptors (Lipinski definition) is 7. The molecule has 26 heavy (non-hydrogen) atoms. The SMILES string of the molecule is Cc1ccc([N+](=O)[O-])cc1-c1ncc2ccn(-c3cc(N)ncn3)c2n1. The molecule has 0 bridgehead atoms. The first-order valence-electron chi connectivity index (χ1n) is 7.70. The molecule has 0 aliphatic carbocycles. The van der Waals surface area contributed by atoms with E-state index in [4.69, 9.17) is 5.73 Å². The monoisotopic (exact) mass is 347 g/mol. The minimum atomic E-state index is -0.437. The van der Waals surface area contributed by atoms with Crippen LogP contribution in [-0.2, 0) is 0 Å². The molecule has 0 unspecified atom stereocenters. The molecule has 4 rings (SSSR count). The molecule has 4 aromatic rings. The molecule has 1 aromatic carbocycles. The Labute approximate surface area is 147 Å². The molecule has 0 spiro atoms. The maximum absolute atomic E-state index is 11.1. The number of nitro groups is 1. The summed E-state index contributed by atoms with van der Waals surface area (Å²) in [6.45, 7) is 1.86. The second-order valence-electron chi connectivity index (χ2n) is 5.72. The number of fused-ring (bicyclic) bond motifs is 1. The van der Waals surface area contributed by atoms with Crippen molar-refractivity contribution >= 4 is 22.5 Å².